The fourth-order valence-corrected chi connectivity index (χ4v) is 3.37. The minimum atomic E-state index is -0.141. The molecule has 0 amide bonds. The standard InChI is InChI=1S/C13H17N3O2/c1-13-5-4-10(18)6-9(13)2-3-11(13)12-7-16(8-17)15-14-12/h6-7,11,17H,2-5,8H2,1H3/t11-,13+/m1/s1. The van der Waals surface area contributed by atoms with E-state index in [2.05, 4.69) is 17.2 Å². The van der Waals surface area contributed by atoms with Crippen LogP contribution in [0.4, 0.5) is 0 Å². The van der Waals surface area contributed by atoms with Gasteiger partial charge in [0.05, 0.1) is 11.9 Å². The summed E-state index contributed by atoms with van der Waals surface area (Å²) in [5.41, 5.74) is 2.25. The molecule has 5 nitrogen and oxygen atoms in total. The van der Waals surface area contributed by atoms with Crippen molar-refractivity contribution in [2.75, 3.05) is 0 Å². The molecule has 3 rings (SSSR count). The zero-order valence-corrected chi connectivity index (χ0v) is 10.5. The summed E-state index contributed by atoms with van der Waals surface area (Å²) in [5.74, 6) is 0.569. The lowest BCUT2D eigenvalue weighted by molar-refractivity contribution is -0.115. The maximum Gasteiger partial charge on any atom is 0.155 e. The van der Waals surface area contributed by atoms with Crippen LogP contribution in [0, 0.1) is 5.41 Å². The highest BCUT2D eigenvalue weighted by Gasteiger charge is 2.46. The van der Waals surface area contributed by atoms with Gasteiger partial charge in [-0.05, 0) is 30.8 Å². The van der Waals surface area contributed by atoms with E-state index in [4.69, 9.17) is 5.11 Å². The van der Waals surface area contributed by atoms with E-state index in [1.807, 2.05) is 12.3 Å². The first kappa shape index (κ1) is 11.6. The van der Waals surface area contributed by atoms with Crippen molar-refractivity contribution < 1.29 is 9.90 Å². The van der Waals surface area contributed by atoms with Gasteiger partial charge in [-0.15, -0.1) is 5.10 Å². The predicted octanol–water partition coefficient (Wildman–Crippen LogP) is 1.40. The molecular weight excluding hydrogens is 230 g/mol. The Morgan fingerprint density at radius 1 is 1.56 bits per heavy atom. The van der Waals surface area contributed by atoms with Crippen molar-refractivity contribution in [3.8, 4) is 0 Å². The van der Waals surface area contributed by atoms with Crippen molar-refractivity contribution >= 4 is 5.78 Å². The monoisotopic (exact) mass is 247 g/mol. The maximum atomic E-state index is 11.5. The van der Waals surface area contributed by atoms with Crippen LogP contribution in [0.25, 0.3) is 0 Å². The second-order valence-corrected chi connectivity index (χ2v) is 5.47. The van der Waals surface area contributed by atoms with E-state index in [1.165, 1.54) is 10.3 Å². The summed E-state index contributed by atoms with van der Waals surface area (Å²) in [5, 5.41) is 17.1. The highest BCUT2D eigenvalue weighted by molar-refractivity contribution is 5.91. The SMILES string of the molecule is C[C@]12CCC(=O)C=C1CC[C@@H]2c1cn(CO)nn1. The van der Waals surface area contributed by atoms with Crippen molar-refractivity contribution in [3.63, 3.8) is 0 Å². The number of aliphatic hydroxyl groups excluding tert-OH is 1. The van der Waals surface area contributed by atoms with Gasteiger partial charge >= 0.3 is 0 Å². The van der Waals surface area contributed by atoms with E-state index in [9.17, 15) is 4.79 Å². The van der Waals surface area contributed by atoms with Crippen LogP contribution in [0.5, 0.6) is 0 Å². The van der Waals surface area contributed by atoms with Crippen LogP contribution >= 0.6 is 0 Å². The Morgan fingerprint density at radius 3 is 3.11 bits per heavy atom. The van der Waals surface area contributed by atoms with Gasteiger partial charge in [-0.25, -0.2) is 4.68 Å². The average Bonchev–Trinajstić information content (AvgIpc) is 2.93. The lowest BCUT2D eigenvalue weighted by Gasteiger charge is -2.34. The number of carbonyl (C=O) groups is 1. The number of hydrogen-bond donors (Lipinski definition) is 1. The molecule has 2 atom stereocenters. The first-order valence-electron chi connectivity index (χ1n) is 6.38. The molecule has 18 heavy (non-hydrogen) atoms. The highest BCUT2D eigenvalue weighted by atomic mass is 16.3. The van der Waals surface area contributed by atoms with Crippen LogP contribution in [0.15, 0.2) is 17.8 Å². The van der Waals surface area contributed by atoms with E-state index < -0.39 is 0 Å². The molecule has 1 aromatic rings. The maximum absolute atomic E-state index is 11.5. The normalized spacial score (nSPS) is 31.3. The second-order valence-electron chi connectivity index (χ2n) is 5.47. The van der Waals surface area contributed by atoms with E-state index >= 15 is 0 Å². The third kappa shape index (κ3) is 1.61. The van der Waals surface area contributed by atoms with Crippen molar-refractivity contribution in [1.29, 1.82) is 0 Å². The first-order valence-corrected chi connectivity index (χ1v) is 6.38. The van der Waals surface area contributed by atoms with Crippen molar-refractivity contribution in [2.24, 2.45) is 5.41 Å². The minimum Gasteiger partial charge on any atom is -0.374 e. The molecule has 0 aromatic carbocycles. The third-order valence-corrected chi connectivity index (χ3v) is 4.49. The number of aliphatic hydroxyl groups is 1. The molecule has 2 aliphatic rings. The number of ketones is 1. The number of aromatic nitrogens is 3. The summed E-state index contributed by atoms with van der Waals surface area (Å²) in [6.07, 6.45) is 7.16. The quantitative estimate of drug-likeness (QED) is 0.857. The first-order chi connectivity index (χ1) is 8.63. The molecule has 1 heterocycles. The van der Waals surface area contributed by atoms with Gasteiger partial charge in [0, 0.05) is 12.3 Å². The van der Waals surface area contributed by atoms with Gasteiger partial charge < -0.3 is 5.11 Å². The molecule has 0 saturated heterocycles. The van der Waals surface area contributed by atoms with E-state index in [1.54, 1.807) is 0 Å². The van der Waals surface area contributed by atoms with Gasteiger partial charge in [-0.1, -0.05) is 17.7 Å². The summed E-state index contributed by atoms with van der Waals surface area (Å²) in [7, 11) is 0. The molecular formula is C13H17N3O2. The molecule has 0 aliphatic heterocycles. The summed E-state index contributed by atoms with van der Waals surface area (Å²) in [4.78, 5) is 11.5. The van der Waals surface area contributed by atoms with Gasteiger partial charge in [-0.2, -0.15) is 0 Å². The fraction of sp³-hybridized carbons (Fsp3) is 0.615. The van der Waals surface area contributed by atoms with Gasteiger partial charge in [0.2, 0.25) is 0 Å². The number of rotatable bonds is 2. The van der Waals surface area contributed by atoms with E-state index in [0.717, 1.165) is 25.0 Å². The number of hydrogen-bond acceptors (Lipinski definition) is 4. The average molecular weight is 247 g/mol. The third-order valence-electron chi connectivity index (χ3n) is 4.49. The molecule has 0 unspecified atom stereocenters. The molecule has 1 fully saturated rings. The van der Waals surface area contributed by atoms with Crippen LogP contribution < -0.4 is 0 Å². The highest BCUT2D eigenvalue weighted by Crippen LogP contribution is 2.56. The lowest BCUT2D eigenvalue weighted by atomic mass is 9.69. The van der Waals surface area contributed by atoms with Gasteiger partial charge in [0.25, 0.3) is 0 Å². The number of allylic oxidation sites excluding steroid dienone is 2. The van der Waals surface area contributed by atoms with E-state index in [-0.39, 0.29) is 17.9 Å². The van der Waals surface area contributed by atoms with Crippen LogP contribution in [0.3, 0.4) is 0 Å². The Morgan fingerprint density at radius 2 is 2.39 bits per heavy atom. The second kappa shape index (κ2) is 4.02. The Balaban J connectivity index is 1.95. The molecule has 0 bridgehead atoms. The largest absolute Gasteiger partial charge is 0.374 e. The van der Waals surface area contributed by atoms with Crippen LogP contribution in [0.2, 0.25) is 0 Å². The Bertz CT molecular complexity index is 520. The summed E-state index contributed by atoms with van der Waals surface area (Å²) >= 11 is 0. The van der Waals surface area contributed by atoms with Crippen LogP contribution in [0.1, 0.15) is 44.2 Å². The molecule has 96 valence electrons. The Labute approximate surface area is 105 Å². The van der Waals surface area contributed by atoms with Crippen molar-refractivity contribution in [2.45, 2.75) is 45.3 Å². The van der Waals surface area contributed by atoms with E-state index in [0.29, 0.717) is 12.3 Å². The molecule has 1 N–H and O–H groups in total. The predicted molar refractivity (Wildman–Crippen MR) is 64.6 cm³/mol. The molecule has 5 heteroatoms. The topological polar surface area (TPSA) is 68.0 Å². The van der Waals surface area contributed by atoms with Gasteiger partial charge in [-0.3, -0.25) is 4.79 Å². The van der Waals surface area contributed by atoms with Gasteiger partial charge in [0.1, 0.15) is 6.73 Å². The molecule has 1 aromatic heterocycles. The fourth-order valence-electron chi connectivity index (χ4n) is 3.37. The van der Waals surface area contributed by atoms with Gasteiger partial charge in [0.15, 0.2) is 5.78 Å². The van der Waals surface area contributed by atoms with Crippen molar-refractivity contribution in [1.82, 2.24) is 15.0 Å². The smallest absolute Gasteiger partial charge is 0.155 e. The molecule has 1 saturated carbocycles. The zero-order chi connectivity index (χ0) is 12.8. The Hall–Kier alpha value is -1.49. The number of fused-ring (bicyclic) bond motifs is 1. The summed E-state index contributed by atoms with van der Waals surface area (Å²) in [6.45, 7) is 2.08. The molecule has 0 radical (unpaired) electrons. The Kier molecular flexibility index (Phi) is 2.59. The van der Waals surface area contributed by atoms with Crippen molar-refractivity contribution in [3.05, 3.63) is 23.5 Å². The number of carbonyl (C=O) groups excluding carboxylic acids is 1. The summed E-state index contributed by atoms with van der Waals surface area (Å²) in [6, 6.07) is 0. The summed E-state index contributed by atoms with van der Waals surface area (Å²) < 4.78 is 1.44. The minimum absolute atomic E-state index is 0.0459. The molecule has 2 aliphatic carbocycles. The number of nitrogens with zero attached hydrogens (tertiary/aromatic N) is 3. The molecule has 0 spiro atoms. The van der Waals surface area contributed by atoms with Crippen LogP contribution in [-0.4, -0.2) is 25.9 Å². The van der Waals surface area contributed by atoms with Crippen LogP contribution in [-0.2, 0) is 11.5 Å². The zero-order valence-electron chi connectivity index (χ0n) is 10.5. The lowest BCUT2D eigenvalue weighted by Crippen LogP contribution is -2.27.